The first-order chi connectivity index (χ1) is 11.6. The second-order valence-electron chi connectivity index (χ2n) is 6.45. The zero-order chi connectivity index (χ0) is 16.7. The summed E-state index contributed by atoms with van der Waals surface area (Å²) in [4.78, 5) is 12.1. The molecule has 4 rings (SSSR count). The van der Waals surface area contributed by atoms with E-state index in [0.717, 1.165) is 34.7 Å². The van der Waals surface area contributed by atoms with E-state index in [4.69, 9.17) is 11.6 Å². The molecule has 3 aromatic rings. The number of rotatable bonds is 4. The molecule has 24 heavy (non-hydrogen) atoms. The molecule has 1 fully saturated rings. The van der Waals surface area contributed by atoms with Gasteiger partial charge in [0.1, 0.15) is 0 Å². The number of halogens is 1. The van der Waals surface area contributed by atoms with Crippen LogP contribution >= 0.6 is 11.6 Å². The zero-order valence-electron chi connectivity index (χ0n) is 13.4. The number of nitrogens with zero attached hydrogens (tertiary/aromatic N) is 3. The van der Waals surface area contributed by atoms with Gasteiger partial charge in [0.2, 0.25) is 0 Å². The first-order valence-electron chi connectivity index (χ1n) is 8.09. The molecule has 2 aromatic heterocycles. The fourth-order valence-electron chi connectivity index (χ4n) is 2.90. The number of aryl methyl sites for hydroxylation is 1. The quantitative estimate of drug-likeness (QED) is 0.721. The monoisotopic (exact) mass is 339 g/mol. The molecule has 5 heteroatoms. The van der Waals surface area contributed by atoms with Crippen LogP contribution in [0.4, 0.5) is 0 Å². The van der Waals surface area contributed by atoms with Gasteiger partial charge in [0.25, 0.3) is 5.56 Å². The van der Waals surface area contributed by atoms with Gasteiger partial charge in [0.05, 0.1) is 6.20 Å². The fraction of sp³-hybridized carbons (Fsp3) is 0.263. The molecule has 1 aromatic carbocycles. The average Bonchev–Trinajstić information content (AvgIpc) is 3.26. The van der Waals surface area contributed by atoms with Gasteiger partial charge in [-0.05, 0) is 42.0 Å². The molecule has 0 atom stereocenters. The van der Waals surface area contributed by atoms with E-state index in [9.17, 15) is 4.79 Å². The summed E-state index contributed by atoms with van der Waals surface area (Å²) in [6, 6.07) is 9.24. The maximum Gasteiger partial charge on any atom is 0.250 e. The molecule has 1 aliphatic rings. The van der Waals surface area contributed by atoms with E-state index in [1.807, 2.05) is 41.3 Å². The van der Waals surface area contributed by atoms with E-state index >= 15 is 0 Å². The van der Waals surface area contributed by atoms with Gasteiger partial charge in [0.15, 0.2) is 0 Å². The van der Waals surface area contributed by atoms with Gasteiger partial charge in [-0.1, -0.05) is 23.7 Å². The molecule has 0 bridgehead atoms. The normalized spacial score (nSPS) is 14.1. The van der Waals surface area contributed by atoms with Crippen molar-refractivity contribution in [2.45, 2.75) is 19.4 Å². The number of benzene rings is 1. The van der Waals surface area contributed by atoms with E-state index in [-0.39, 0.29) is 5.56 Å². The SMILES string of the molecule is Cn1cc(-c2cnn(CC3CC3)c2)c(-c2ccc(Cl)cc2)cc1=O. The molecule has 0 amide bonds. The lowest BCUT2D eigenvalue weighted by molar-refractivity contribution is 0.563. The summed E-state index contributed by atoms with van der Waals surface area (Å²) in [7, 11) is 1.77. The average molecular weight is 340 g/mol. The molecule has 0 aliphatic heterocycles. The van der Waals surface area contributed by atoms with Crippen molar-refractivity contribution in [1.82, 2.24) is 14.3 Å². The van der Waals surface area contributed by atoms with Gasteiger partial charge in [-0.25, -0.2) is 0 Å². The largest absolute Gasteiger partial charge is 0.318 e. The Morgan fingerprint density at radius 1 is 1.12 bits per heavy atom. The third kappa shape index (κ3) is 3.02. The Kier molecular flexibility index (Phi) is 3.77. The summed E-state index contributed by atoms with van der Waals surface area (Å²) < 4.78 is 3.61. The van der Waals surface area contributed by atoms with Crippen LogP contribution in [0.1, 0.15) is 12.8 Å². The third-order valence-electron chi connectivity index (χ3n) is 4.47. The Balaban J connectivity index is 1.81. The van der Waals surface area contributed by atoms with Gasteiger partial charge < -0.3 is 4.57 Å². The van der Waals surface area contributed by atoms with Crippen LogP contribution in [-0.4, -0.2) is 14.3 Å². The predicted octanol–water partition coefficient (Wildman–Crippen LogP) is 3.98. The van der Waals surface area contributed by atoms with Crippen LogP contribution < -0.4 is 5.56 Å². The molecule has 0 spiro atoms. The Labute approximate surface area is 145 Å². The lowest BCUT2D eigenvalue weighted by Gasteiger charge is -2.10. The van der Waals surface area contributed by atoms with Crippen LogP contribution in [-0.2, 0) is 13.6 Å². The fourth-order valence-corrected chi connectivity index (χ4v) is 3.02. The summed E-state index contributed by atoms with van der Waals surface area (Å²) in [6.07, 6.45) is 8.42. The summed E-state index contributed by atoms with van der Waals surface area (Å²) in [5, 5.41) is 5.16. The molecule has 0 N–H and O–H groups in total. The highest BCUT2D eigenvalue weighted by Crippen LogP contribution is 2.33. The maximum atomic E-state index is 12.1. The summed E-state index contributed by atoms with van der Waals surface area (Å²) in [5.74, 6) is 0.772. The Morgan fingerprint density at radius 2 is 1.88 bits per heavy atom. The Hall–Kier alpha value is -2.33. The minimum atomic E-state index is -0.0333. The lowest BCUT2D eigenvalue weighted by atomic mass is 9.98. The second kappa shape index (κ2) is 5.95. The highest BCUT2D eigenvalue weighted by molar-refractivity contribution is 6.30. The summed E-state index contributed by atoms with van der Waals surface area (Å²) in [5.41, 5.74) is 3.87. The van der Waals surface area contributed by atoms with Crippen molar-refractivity contribution in [3.8, 4) is 22.3 Å². The van der Waals surface area contributed by atoms with Gasteiger partial charge in [-0.2, -0.15) is 5.10 Å². The molecule has 1 saturated carbocycles. The predicted molar refractivity (Wildman–Crippen MR) is 96.1 cm³/mol. The van der Waals surface area contributed by atoms with Crippen molar-refractivity contribution in [1.29, 1.82) is 0 Å². The molecule has 0 saturated heterocycles. The molecule has 0 unspecified atom stereocenters. The van der Waals surface area contributed by atoms with Crippen molar-refractivity contribution in [2.75, 3.05) is 0 Å². The molecule has 122 valence electrons. The number of pyridine rings is 1. The Morgan fingerprint density at radius 3 is 2.58 bits per heavy atom. The number of hydrogen-bond donors (Lipinski definition) is 0. The van der Waals surface area contributed by atoms with Gasteiger partial charge in [0, 0.05) is 48.2 Å². The zero-order valence-corrected chi connectivity index (χ0v) is 14.2. The number of aromatic nitrogens is 3. The smallest absolute Gasteiger partial charge is 0.250 e. The minimum absolute atomic E-state index is 0.0333. The first-order valence-corrected chi connectivity index (χ1v) is 8.47. The van der Waals surface area contributed by atoms with Crippen molar-refractivity contribution >= 4 is 11.6 Å². The standard InChI is InChI=1S/C19H18ClN3O/c1-22-12-18(15-9-21-23(11-15)10-13-2-3-13)17(8-19(22)24)14-4-6-16(20)7-5-14/h4-9,11-13H,2-3,10H2,1H3. The third-order valence-corrected chi connectivity index (χ3v) is 4.72. The number of hydrogen-bond acceptors (Lipinski definition) is 2. The molecular weight excluding hydrogens is 322 g/mol. The molecule has 2 heterocycles. The highest BCUT2D eigenvalue weighted by Gasteiger charge is 2.22. The van der Waals surface area contributed by atoms with Crippen molar-refractivity contribution in [3.63, 3.8) is 0 Å². The van der Waals surface area contributed by atoms with E-state index in [0.29, 0.717) is 5.02 Å². The van der Waals surface area contributed by atoms with E-state index in [2.05, 4.69) is 11.3 Å². The topological polar surface area (TPSA) is 39.8 Å². The Bertz CT molecular complexity index is 936. The van der Waals surface area contributed by atoms with Crippen LogP contribution in [0.3, 0.4) is 0 Å². The van der Waals surface area contributed by atoms with Gasteiger partial charge in [-0.3, -0.25) is 9.48 Å². The van der Waals surface area contributed by atoms with Crippen LogP contribution in [0.5, 0.6) is 0 Å². The van der Waals surface area contributed by atoms with E-state index < -0.39 is 0 Å². The van der Waals surface area contributed by atoms with Crippen LogP contribution in [0.15, 0.2) is 53.7 Å². The van der Waals surface area contributed by atoms with Crippen molar-refractivity contribution in [3.05, 3.63) is 64.3 Å². The van der Waals surface area contributed by atoms with Gasteiger partial charge in [-0.15, -0.1) is 0 Å². The molecule has 4 nitrogen and oxygen atoms in total. The van der Waals surface area contributed by atoms with Gasteiger partial charge >= 0.3 is 0 Å². The summed E-state index contributed by atoms with van der Waals surface area (Å²) >= 11 is 5.99. The van der Waals surface area contributed by atoms with E-state index in [1.54, 1.807) is 17.7 Å². The highest BCUT2D eigenvalue weighted by atomic mass is 35.5. The summed E-state index contributed by atoms with van der Waals surface area (Å²) in [6.45, 7) is 0.974. The second-order valence-corrected chi connectivity index (χ2v) is 6.89. The van der Waals surface area contributed by atoms with Crippen molar-refractivity contribution < 1.29 is 0 Å². The lowest BCUT2D eigenvalue weighted by Crippen LogP contribution is -2.15. The first kappa shape index (κ1) is 15.2. The molecular formula is C19H18ClN3O. The minimum Gasteiger partial charge on any atom is -0.318 e. The van der Waals surface area contributed by atoms with Crippen molar-refractivity contribution in [2.24, 2.45) is 13.0 Å². The van der Waals surface area contributed by atoms with Crippen LogP contribution in [0, 0.1) is 5.92 Å². The molecule has 0 radical (unpaired) electrons. The van der Waals surface area contributed by atoms with E-state index in [1.165, 1.54) is 12.8 Å². The van der Waals surface area contributed by atoms with Crippen LogP contribution in [0.25, 0.3) is 22.3 Å². The maximum absolute atomic E-state index is 12.1. The molecule has 1 aliphatic carbocycles. The van der Waals surface area contributed by atoms with Crippen LogP contribution in [0.2, 0.25) is 5.02 Å².